The van der Waals surface area contributed by atoms with Crippen LogP contribution in [0.2, 0.25) is 0 Å². The van der Waals surface area contributed by atoms with Crippen LogP contribution in [0.15, 0.2) is 30.5 Å². The van der Waals surface area contributed by atoms with E-state index in [9.17, 15) is 4.79 Å². The lowest BCUT2D eigenvalue weighted by Gasteiger charge is -2.11. The number of nitrogens with two attached hydrogens (primary N) is 1. The Morgan fingerprint density at radius 2 is 2.25 bits per heavy atom. The Balaban J connectivity index is 0.000000187. The maximum Gasteiger partial charge on any atom is 0.404 e. The highest BCUT2D eigenvalue weighted by atomic mass is 16.6. The first-order valence-electron chi connectivity index (χ1n) is 4.84. The average molecular weight is 222 g/mol. The number of carbonyl (C=O) groups is 1. The van der Waals surface area contributed by atoms with Crippen molar-refractivity contribution in [1.82, 2.24) is 5.48 Å². The Morgan fingerprint density at radius 1 is 1.50 bits per heavy atom. The first kappa shape index (κ1) is 11.9. The predicted molar refractivity (Wildman–Crippen MR) is 60.4 cm³/mol. The van der Waals surface area contributed by atoms with Gasteiger partial charge in [0.25, 0.3) is 0 Å². The van der Waals surface area contributed by atoms with Crippen LogP contribution in [0.3, 0.4) is 0 Å². The second-order valence-corrected chi connectivity index (χ2v) is 2.84. The molecule has 0 unspecified atom stereocenters. The third kappa shape index (κ3) is 3.91. The van der Waals surface area contributed by atoms with Crippen molar-refractivity contribution in [3.63, 3.8) is 0 Å². The third-order valence-corrected chi connectivity index (χ3v) is 1.71. The highest BCUT2D eigenvalue weighted by Gasteiger charge is 2.01. The van der Waals surface area contributed by atoms with Crippen LogP contribution in [-0.4, -0.2) is 12.7 Å². The van der Waals surface area contributed by atoms with Crippen LogP contribution >= 0.6 is 0 Å². The molecule has 1 aliphatic heterocycles. The summed E-state index contributed by atoms with van der Waals surface area (Å²) in [5.74, 6) is 0.880. The highest BCUT2D eigenvalue weighted by molar-refractivity contribution is 5.64. The molecule has 0 bridgehead atoms. The van der Waals surface area contributed by atoms with Gasteiger partial charge in [-0.2, -0.15) is 0 Å². The van der Waals surface area contributed by atoms with Crippen molar-refractivity contribution < 1.29 is 14.4 Å². The number of nitrogens with one attached hydrogen (secondary N) is 1. The maximum atomic E-state index is 9.60. The van der Waals surface area contributed by atoms with Crippen molar-refractivity contribution in [3.8, 4) is 5.75 Å². The summed E-state index contributed by atoms with van der Waals surface area (Å²) in [4.78, 5) is 14.7. The standard InChI is InChI=1S/C8H7NO.C3H7NO2/c1-2-4-8-7(3-1)5-6-9-10-8;1-2-6-3(4)5/h1-6,9H;2H2,1H3,(H2,4,5). The van der Waals surface area contributed by atoms with Gasteiger partial charge in [-0.25, -0.2) is 10.3 Å². The number of fused-ring (bicyclic) bond motifs is 1. The minimum atomic E-state index is -0.711. The second-order valence-electron chi connectivity index (χ2n) is 2.84. The topological polar surface area (TPSA) is 73.6 Å². The summed E-state index contributed by atoms with van der Waals surface area (Å²) in [6, 6.07) is 7.86. The monoisotopic (exact) mass is 222 g/mol. The SMILES string of the molecule is C1=Cc2ccccc2ON1.CCOC(N)=O. The Bertz CT molecular complexity index is 377. The van der Waals surface area contributed by atoms with Gasteiger partial charge in [0.15, 0.2) is 5.75 Å². The van der Waals surface area contributed by atoms with Gasteiger partial charge in [0.05, 0.1) is 6.61 Å². The number of hydrogen-bond donors (Lipinski definition) is 2. The summed E-state index contributed by atoms with van der Waals surface area (Å²) in [6.45, 7) is 2.06. The van der Waals surface area contributed by atoms with Gasteiger partial charge in [0.2, 0.25) is 0 Å². The molecule has 5 nitrogen and oxygen atoms in total. The molecule has 0 spiro atoms. The fourth-order valence-electron chi connectivity index (χ4n) is 1.07. The fraction of sp³-hybridized carbons (Fsp3) is 0.182. The summed E-state index contributed by atoms with van der Waals surface area (Å²) in [5.41, 5.74) is 8.31. The number of amides is 1. The Kier molecular flexibility index (Phi) is 4.72. The number of hydrogen-bond acceptors (Lipinski definition) is 4. The molecule has 86 valence electrons. The fourth-order valence-corrected chi connectivity index (χ4v) is 1.07. The van der Waals surface area contributed by atoms with E-state index in [1.807, 2.05) is 30.3 Å². The van der Waals surface area contributed by atoms with Crippen LogP contribution < -0.4 is 16.1 Å². The van der Waals surface area contributed by atoms with Crippen molar-refractivity contribution in [3.05, 3.63) is 36.0 Å². The number of rotatable bonds is 1. The Labute approximate surface area is 93.8 Å². The molecule has 1 aliphatic rings. The van der Waals surface area contributed by atoms with E-state index in [4.69, 9.17) is 4.84 Å². The van der Waals surface area contributed by atoms with Gasteiger partial charge in [0.1, 0.15) is 0 Å². The third-order valence-electron chi connectivity index (χ3n) is 1.71. The highest BCUT2D eigenvalue weighted by Crippen LogP contribution is 2.20. The van der Waals surface area contributed by atoms with E-state index in [0.717, 1.165) is 11.3 Å². The summed E-state index contributed by atoms with van der Waals surface area (Å²) >= 11 is 0. The zero-order valence-electron chi connectivity index (χ0n) is 8.97. The molecule has 1 amide bonds. The van der Waals surface area contributed by atoms with E-state index in [0.29, 0.717) is 6.61 Å². The minimum absolute atomic E-state index is 0.356. The molecule has 5 heteroatoms. The van der Waals surface area contributed by atoms with Gasteiger partial charge in [0, 0.05) is 11.8 Å². The summed E-state index contributed by atoms with van der Waals surface area (Å²) in [6.07, 6.45) is 3.03. The molecular weight excluding hydrogens is 208 g/mol. The van der Waals surface area contributed by atoms with E-state index < -0.39 is 6.09 Å². The molecule has 1 heterocycles. The summed E-state index contributed by atoms with van der Waals surface area (Å²) in [5, 5.41) is 0. The quantitative estimate of drug-likeness (QED) is 0.757. The van der Waals surface area contributed by atoms with Gasteiger partial charge >= 0.3 is 6.09 Å². The lowest BCUT2D eigenvalue weighted by atomic mass is 10.2. The van der Waals surface area contributed by atoms with Crippen LogP contribution in [0.5, 0.6) is 5.75 Å². The van der Waals surface area contributed by atoms with Crippen molar-refractivity contribution in [1.29, 1.82) is 0 Å². The maximum absolute atomic E-state index is 9.60. The van der Waals surface area contributed by atoms with Crippen LogP contribution in [0.4, 0.5) is 4.79 Å². The van der Waals surface area contributed by atoms with E-state index in [2.05, 4.69) is 16.0 Å². The van der Waals surface area contributed by atoms with Gasteiger partial charge < -0.3 is 15.3 Å². The molecule has 0 aromatic heterocycles. The first-order valence-corrected chi connectivity index (χ1v) is 4.84. The zero-order valence-corrected chi connectivity index (χ0v) is 8.97. The van der Waals surface area contributed by atoms with Crippen molar-refractivity contribution >= 4 is 12.2 Å². The molecule has 0 radical (unpaired) electrons. The van der Waals surface area contributed by atoms with Crippen LogP contribution in [0, 0.1) is 0 Å². The molecule has 0 saturated carbocycles. The molecule has 0 atom stereocenters. The van der Waals surface area contributed by atoms with Gasteiger partial charge in [-0.3, -0.25) is 0 Å². The molecular formula is C11H14N2O3. The van der Waals surface area contributed by atoms with E-state index in [1.165, 1.54) is 0 Å². The molecule has 16 heavy (non-hydrogen) atoms. The van der Waals surface area contributed by atoms with Gasteiger partial charge in [-0.05, 0) is 19.1 Å². The van der Waals surface area contributed by atoms with Crippen LogP contribution in [-0.2, 0) is 4.74 Å². The van der Waals surface area contributed by atoms with E-state index in [-0.39, 0.29) is 0 Å². The first-order chi connectivity index (χ1) is 7.74. The van der Waals surface area contributed by atoms with Gasteiger partial charge in [-0.15, -0.1) is 0 Å². The summed E-state index contributed by atoms with van der Waals surface area (Å²) in [7, 11) is 0. The molecule has 1 aromatic carbocycles. The molecule has 0 fully saturated rings. The summed E-state index contributed by atoms with van der Waals surface area (Å²) < 4.78 is 4.18. The minimum Gasteiger partial charge on any atom is -0.450 e. The van der Waals surface area contributed by atoms with E-state index >= 15 is 0 Å². The molecule has 2 rings (SSSR count). The Hall–Kier alpha value is -2.17. The van der Waals surface area contributed by atoms with Crippen molar-refractivity contribution in [2.24, 2.45) is 5.73 Å². The number of ether oxygens (including phenoxy) is 1. The normalized spacial score (nSPS) is 11.1. The predicted octanol–water partition coefficient (Wildman–Crippen LogP) is 1.66. The zero-order chi connectivity index (χ0) is 11.8. The molecule has 0 saturated heterocycles. The van der Waals surface area contributed by atoms with Crippen molar-refractivity contribution in [2.45, 2.75) is 6.92 Å². The molecule has 0 aliphatic carbocycles. The van der Waals surface area contributed by atoms with E-state index in [1.54, 1.807) is 13.1 Å². The Morgan fingerprint density at radius 3 is 2.81 bits per heavy atom. The van der Waals surface area contributed by atoms with Gasteiger partial charge in [-0.1, -0.05) is 18.2 Å². The number of benzene rings is 1. The number of hydroxylamine groups is 1. The van der Waals surface area contributed by atoms with Crippen molar-refractivity contribution in [2.75, 3.05) is 6.61 Å². The number of carbonyl (C=O) groups excluding carboxylic acids is 1. The average Bonchev–Trinajstić information content (AvgIpc) is 2.30. The lowest BCUT2D eigenvalue weighted by molar-refractivity contribution is 0.163. The number of para-hydroxylation sites is 1. The second kappa shape index (κ2) is 6.34. The molecule has 1 aromatic rings. The largest absolute Gasteiger partial charge is 0.450 e. The van der Waals surface area contributed by atoms with Crippen LogP contribution in [0.1, 0.15) is 12.5 Å². The van der Waals surface area contributed by atoms with Crippen LogP contribution in [0.25, 0.3) is 6.08 Å². The lowest BCUT2D eigenvalue weighted by Crippen LogP contribution is -2.13. The molecule has 3 N–H and O–H groups in total. The smallest absolute Gasteiger partial charge is 0.404 e. The number of primary amides is 1.